The van der Waals surface area contributed by atoms with Gasteiger partial charge < -0.3 is 10.2 Å². The van der Waals surface area contributed by atoms with Crippen molar-refractivity contribution in [2.45, 2.75) is 50.5 Å². The van der Waals surface area contributed by atoms with Gasteiger partial charge in [-0.25, -0.2) is 18.0 Å². The minimum absolute atomic E-state index is 0.217. The lowest BCUT2D eigenvalue weighted by Crippen LogP contribution is -2.48. The first-order valence-electron chi connectivity index (χ1n) is 12.3. The number of benzene rings is 2. The summed E-state index contributed by atoms with van der Waals surface area (Å²) < 4.78 is 40.5. The molecule has 4 rings (SSSR count). The summed E-state index contributed by atoms with van der Waals surface area (Å²) in [6, 6.07) is 8.82. The average molecular weight is 499 g/mol. The lowest BCUT2D eigenvalue weighted by atomic mass is 9.86. The van der Waals surface area contributed by atoms with Crippen LogP contribution in [-0.4, -0.2) is 47.9 Å². The Morgan fingerprint density at radius 1 is 1.06 bits per heavy atom. The number of carbonyl (C=O) groups is 2. The fourth-order valence-corrected chi connectivity index (χ4v) is 5.19. The van der Waals surface area contributed by atoms with Crippen LogP contribution in [0.25, 0.3) is 0 Å². The third-order valence-corrected chi connectivity index (χ3v) is 7.09. The maximum Gasteiger partial charge on any atom is 0.324 e. The highest BCUT2D eigenvalue weighted by atomic mass is 19.2. The highest BCUT2D eigenvalue weighted by Gasteiger charge is 2.34. The first kappa shape index (κ1) is 25.7. The monoisotopic (exact) mass is 498 g/mol. The number of amides is 3. The molecule has 36 heavy (non-hydrogen) atoms. The van der Waals surface area contributed by atoms with Gasteiger partial charge in [0.05, 0.1) is 17.7 Å². The van der Waals surface area contributed by atoms with Crippen LogP contribution in [0, 0.1) is 28.8 Å². The Labute approximate surface area is 208 Å². The smallest absolute Gasteiger partial charge is 0.324 e. The normalized spacial score (nSPS) is 19.2. The summed E-state index contributed by atoms with van der Waals surface area (Å²) in [6.07, 6.45) is 3.74. The number of nitrogens with zero attached hydrogens (tertiary/aromatic N) is 3. The zero-order chi connectivity index (χ0) is 25.7. The summed E-state index contributed by atoms with van der Waals surface area (Å²) in [4.78, 5) is 28.8. The van der Waals surface area contributed by atoms with Crippen molar-refractivity contribution in [1.29, 1.82) is 5.26 Å². The molecule has 0 aromatic heterocycles. The SMILES string of the molecule is N#Cc1cc(F)ccc1C1CCN(CCCNC(=O)N2C(=O)CCC[C@H]2c2ccc(F)c(F)c2)CC1. The van der Waals surface area contributed by atoms with E-state index in [1.807, 2.05) is 0 Å². The second kappa shape index (κ2) is 11.6. The molecule has 0 aliphatic carbocycles. The summed E-state index contributed by atoms with van der Waals surface area (Å²) >= 11 is 0. The van der Waals surface area contributed by atoms with Gasteiger partial charge in [-0.3, -0.25) is 9.69 Å². The fourth-order valence-electron chi connectivity index (χ4n) is 5.19. The molecule has 2 saturated heterocycles. The standard InChI is InChI=1S/C27H29F3N4O2/c28-21-6-7-22(20(15-21)17-31)18-9-13-33(14-10-18)12-2-11-32-27(36)34-25(3-1-4-26(34)35)19-5-8-23(29)24(30)16-19/h5-8,15-16,18,25H,1-4,9-14H2,(H,32,36)/t25-/m0/s1. The summed E-state index contributed by atoms with van der Waals surface area (Å²) in [5, 5.41) is 12.1. The first-order valence-corrected chi connectivity index (χ1v) is 12.3. The Bertz CT molecular complexity index is 1160. The van der Waals surface area contributed by atoms with Gasteiger partial charge in [-0.2, -0.15) is 5.26 Å². The van der Waals surface area contributed by atoms with Crippen molar-refractivity contribution in [2.75, 3.05) is 26.2 Å². The molecule has 2 aliphatic heterocycles. The molecule has 0 spiro atoms. The molecule has 2 fully saturated rings. The van der Waals surface area contributed by atoms with Crippen LogP contribution >= 0.6 is 0 Å². The van der Waals surface area contributed by atoms with Crippen LogP contribution in [0.4, 0.5) is 18.0 Å². The van der Waals surface area contributed by atoms with Gasteiger partial charge in [0.2, 0.25) is 5.91 Å². The van der Waals surface area contributed by atoms with Crippen molar-refractivity contribution in [3.63, 3.8) is 0 Å². The number of piperidine rings is 2. The van der Waals surface area contributed by atoms with Crippen molar-refractivity contribution in [3.8, 4) is 6.07 Å². The molecular formula is C27H29F3N4O2. The molecule has 3 amide bonds. The molecule has 1 atom stereocenters. The minimum atomic E-state index is -1.00. The zero-order valence-corrected chi connectivity index (χ0v) is 20.0. The van der Waals surface area contributed by atoms with E-state index >= 15 is 0 Å². The van der Waals surface area contributed by atoms with Gasteiger partial charge in [0.1, 0.15) is 5.82 Å². The zero-order valence-electron chi connectivity index (χ0n) is 20.0. The molecule has 0 bridgehead atoms. The average Bonchev–Trinajstić information content (AvgIpc) is 2.88. The molecular weight excluding hydrogens is 469 g/mol. The summed E-state index contributed by atoms with van der Waals surface area (Å²) in [5.41, 5.74) is 1.69. The van der Waals surface area contributed by atoms with E-state index in [0.717, 1.165) is 55.1 Å². The third-order valence-electron chi connectivity index (χ3n) is 7.09. The van der Waals surface area contributed by atoms with Crippen molar-refractivity contribution >= 4 is 11.9 Å². The molecule has 2 aromatic carbocycles. The molecule has 0 saturated carbocycles. The van der Waals surface area contributed by atoms with Gasteiger partial charge in [-0.1, -0.05) is 12.1 Å². The highest BCUT2D eigenvalue weighted by molar-refractivity contribution is 5.95. The van der Waals surface area contributed by atoms with E-state index in [2.05, 4.69) is 16.3 Å². The Hall–Kier alpha value is -3.38. The van der Waals surface area contributed by atoms with E-state index in [-0.39, 0.29) is 18.2 Å². The van der Waals surface area contributed by atoms with Gasteiger partial charge in [0, 0.05) is 13.0 Å². The van der Waals surface area contributed by atoms with E-state index in [1.165, 1.54) is 18.2 Å². The van der Waals surface area contributed by atoms with E-state index < -0.39 is 29.5 Å². The van der Waals surface area contributed by atoms with Crippen LogP contribution in [-0.2, 0) is 4.79 Å². The lowest BCUT2D eigenvalue weighted by molar-refractivity contribution is -0.132. The largest absolute Gasteiger partial charge is 0.338 e. The number of rotatable bonds is 6. The van der Waals surface area contributed by atoms with Crippen molar-refractivity contribution in [1.82, 2.24) is 15.1 Å². The second-order valence-corrected chi connectivity index (χ2v) is 9.39. The van der Waals surface area contributed by atoms with E-state index in [1.54, 1.807) is 6.07 Å². The molecule has 2 aromatic rings. The van der Waals surface area contributed by atoms with Crippen LogP contribution in [0.1, 0.15) is 67.2 Å². The van der Waals surface area contributed by atoms with E-state index in [9.17, 15) is 28.0 Å². The summed E-state index contributed by atoms with van der Waals surface area (Å²) in [5.74, 6) is -2.48. The Morgan fingerprint density at radius 3 is 2.56 bits per heavy atom. The highest BCUT2D eigenvalue weighted by Crippen LogP contribution is 2.33. The van der Waals surface area contributed by atoms with Crippen molar-refractivity contribution in [2.24, 2.45) is 0 Å². The number of nitrogens with one attached hydrogen (secondary N) is 1. The van der Waals surface area contributed by atoms with E-state index in [0.29, 0.717) is 36.9 Å². The predicted molar refractivity (Wildman–Crippen MR) is 127 cm³/mol. The summed E-state index contributed by atoms with van der Waals surface area (Å²) in [6.45, 7) is 2.82. The Morgan fingerprint density at radius 2 is 1.83 bits per heavy atom. The van der Waals surface area contributed by atoms with E-state index in [4.69, 9.17) is 0 Å². The van der Waals surface area contributed by atoms with Crippen LogP contribution in [0.3, 0.4) is 0 Å². The number of hydrogen-bond acceptors (Lipinski definition) is 4. The Balaban J connectivity index is 1.25. The molecule has 6 nitrogen and oxygen atoms in total. The molecule has 190 valence electrons. The molecule has 1 N–H and O–H groups in total. The van der Waals surface area contributed by atoms with Crippen LogP contribution < -0.4 is 5.32 Å². The molecule has 2 heterocycles. The maximum absolute atomic E-state index is 13.7. The molecule has 0 radical (unpaired) electrons. The summed E-state index contributed by atoms with van der Waals surface area (Å²) in [7, 11) is 0. The van der Waals surface area contributed by atoms with Crippen LogP contribution in [0.15, 0.2) is 36.4 Å². The third kappa shape index (κ3) is 5.88. The minimum Gasteiger partial charge on any atom is -0.338 e. The number of nitriles is 1. The topological polar surface area (TPSA) is 76.4 Å². The van der Waals surface area contributed by atoms with Gasteiger partial charge in [-0.15, -0.1) is 0 Å². The second-order valence-electron chi connectivity index (χ2n) is 9.39. The number of likely N-dealkylation sites (tertiary alicyclic amines) is 2. The van der Waals surface area contributed by atoms with Crippen molar-refractivity contribution in [3.05, 3.63) is 70.5 Å². The lowest BCUT2D eigenvalue weighted by Gasteiger charge is -2.34. The number of imide groups is 1. The molecule has 2 aliphatic rings. The van der Waals surface area contributed by atoms with Gasteiger partial charge in [0.15, 0.2) is 11.6 Å². The van der Waals surface area contributed by atoms with Crippen molar-refractivity contribution < 1.29 is 22.8 Å². The van der Waals surface area contributed by atoms with Gasteiger partial charge in [0.25, 0.3) is 0 Å². The fraction of sp³-hybridized carbons (Fsp3) is 0.444. The number of halogens is 3. The number of urea groups is 1. The number of carbonyl (C=O) groups excluding carboxylic acids is 2. The van der Waals surface area contributed by atoms with Gasteiger partial charge in [-0.05, 0) is 93.0 Å². The predicted octanol–water partition coefficient (Wildman–Crippen LogP) is 5.01. The first-order chi connectivity index (χ1) is 17.4. The molecule has 0 unspecified atom stereocenters. The quantitative estimate of drug-likeness (QED) is 0.568. The van der Waals surface area contributed by atoms with Crippen LogP contribution in [0.2, 0.25) is 0 Å². The Kier molecular flexibility index (Phi) is 8.26. The van der Waals surface area contributed by atoms with Crippen LogP contribution in [0.5, 0.6) is 0 Å². The maximum atomic E-state index is 13.7. The molecule has 9 heteroatoms. The van der Waals surface area contributed by atoms with Gasteiger partial charge >= 0.3 is 6.03 Å². The number of hydrogen-bond donors (Lipinski definition) is 1.